The Morgan fingerprint density at radius 3 is 2.22 bits per heavy atom. The molecule has 23 heavy (non-hydrogen) atoms. The number of hydrogen-bond donors (Lipinski definition) is 1. The van der Waals surface area contributed by atoms with E-state index in [1.807, 2.05) is 4.72 Å². The Balaban J connectivity index is 2.59. The number of aryl methyl sites for hydroxylation is 1. The fraction of sp³-hybridized carbons (Fsp3) is 0.133. The summed E-state index contributed by atoms with van der Waals surface area (Å²) >= 11 is 0. The van der Waals surface area contributed by atoms with Crippen LogP contribution in [-0.2, 0) is 10.0 Å². The molecule has 0 bridgehead atoms. The number of carbonyl (C=O) groups is 1. The number of hydrogen-bond acceptors (Lipinski definition) is 4. The Morgan fingerprint density at radius 1 is 1.13 bits per heavy atom. The van der Waals surface area contributed by atoms with Crippen molar-refractivity contribution in [2.75, 3.05) is 4.72 Å². The van der Waals surface area contributed by atoms with Gasteiger partial charge in [0.1, 0.15) is 17.3 Å². The van der Waals surface area contributed by atoms with Crippen LogP contribution in [0.4, 0.5) is 14.5 Å². The first-order valence-corrected chi connectivity index (χ1v) is 7.91. The summed E-state index contributed by atoms with van der Waals surface area (Å²) in [6.45, 7) is 2.98. The van der Waals surface area contributed by atoms with Gasteiger partial charge in [-0.3, -0.25) is 4.72 Å². The molecule has 0 spiro atoms. The molecule has 0 fully saturated rings. The molecule has 0 aliphatic heterocycles. The van der Waals surface area contributed by atoms with Crippen LogP contribution in [0.25, 0.3) is 0 Å². The van der Waals surface area contributed by atoms with E-state index in [1.165, 1.54) is 19.9 Å². The smallest absolute Gasteiger partial charge is 0.262 e. The molecule has 2 aromatic carbocycles. The summed E-state index contributed by atoms with van der Waals surface area (Å²) in [7, 11) is -4.39. The van der Waals surface area contributed by atoms with E-state index >= 15 is 0 Å². The molecule has 0 saturated heterocycles. The van der Waals surface area contributed by atoms with E-state index in [0.29, 0.717) is 5.56 Å². The van der Waals surface area contributed by atoms with Crippen LogP contribution in [0.3, 0.4) is 0 Å². The summed E-state index contributed by atoms with van der Waals surface area (Å²) in [6, 6.07) is 5.04. The van der Waals surface area contributed by atoms with Gasteiger partial charge in [0.25, 0.3) is 10.0 Å². The zero-order chi connectivity index (χ0) is 17.4. The maximum absolute atomic E-state index is 13.6. The first-order chi connectivity index (χ1) is 10.6. The van der Waals surface area contributed by atoms with Crippen LogP contribution in [-0.4, -0.2) is 14.4 Å². The average molecular weight is 340 g/mol. The predicted octanol–water partition coefficient (Wildman–Crippen LogP) is 1.75. The highest BCUT2D eigenvalue weighted by Gasteiger charge is 2.22. The molecule has 1 N–H and O–H groups in total. The van der Waals surface area contributed by atoms with Gasteiger partial charge in [0.15, 0.2) is 0 Å². The molecule has 2 rings (SSSR count). The molecule has 0 aliphatic carbocycles. The van der Waals surface area contributed by atoms with E-state index in [2.05, 4.69) is 0 Å². The normalized spacial score (nSPS) is 11.3. The third-order valence-corrected chi connectivity index (χ3v) is 4.82. The highest BCUT2D eigenvalue weighted by atomic mass is 32.2. The Kier molecular flexibility index (Phi) is 4.37. The van der Waals surface area contributed by atoms with Crippen LogP contribution in [0, 0.1) is 25.5 Å². The topological polar surface area (TPSA) is 86.3 Å². The Labute approximate surface area is 131 Å². The molecule has 8 heteroatoms. The van der Waals surface area contributed by atoms with Crippen molar-refractivity contribution in [3.8, 4) is 0 Å². The summed E-state index contributed by atoms with van der Waals surface area (Å²) in [5.74, 6) is -3.72. The lowest BCUT2D eigenvalue weighted by Crippen LogP contribution is -2.24. The van der Waals surface area contributed by atoms with Gasteiger partial charge < -0.3 is 9.90 Å². The Hall–Kier alpha value is -2.48. The number of benzene rings is 2. The summed E-state index contributed by atoms with van der Waals surface area (Å²) in [6.07, 6.45) is 0. The number of nitrogens with one attached hydrogen (secondary N) is 1. The van der Waals surface area contributed by atoms with Crippen LogP contribution >= 0.6 is 0 Å². The molecule has 0 aromatic heterocycles. The molecule has 122 valence electrons. The van der Waals surface area contributed by atoms with Gasteiger partial charge >= 0.3 is 0 Å². The van der Waals surface area contributed by atoms with Gasteiger partial charge in [0.2, 0.25) is 0 Å². The SMILES string of the molecule is Cc1cc(C(=O)[O-])cc(S(=O)(=O)Nc2c(F)cccc2F)c1C. The first kappa shape index (κ1) is 16.9. The number of anilines is 1. The highest BCUT2D eigenvalue weighted by Crippen LogP contribution is 2.26. The second kappa shape index (κ2) is 5.96. The lowest BCUT2D eigenvalue weighted by molar-refractivity contribution is -0.255. The fourth-order valence-corrected chi connectivity index (χ4v) is 3.43. The molecule has 2 aromatic rings. The lowest BCUT2D eigenvalue weighted by Gasteiger charge is -2.15. The second-order valence-electron chi connectivity index (χ2n) is 4.91. The van der Waals surface area contributed by atoms with Gasteiger partial charge in [0, 0.05) is 0 Å². The number of carbonyl (C=O) groups excluding carboxylic acids is 1. The van der Waals surface area contributed by atoms with Crippen LogP contribution in [0.15, 0.2) is 35.2 Å². The maximum Gasteiger partial charge on any atom is 0.262 e. The first-order valence-electron chi connectivity index (χ1n) is 6.43. The van der Waals surface area contributed by atoms with Crippen molar-refractivity contribution in [2.24, 2.45) is 0 Å². The van der Waals surface area contributed by atoms with Crippen molar-refractivity contribution in [1.29, 1.82) is 0 Å². The van der Waals surface area contributed by atoms with Gasteiger partial charge in [0.05, 0.1) is 10.9 Å². The quantitative estimate of drug-likeness (QED) is 0.919. The van der Waals surface area contributed by atoms with Crippen molar-refractivity contribution in [3.05, 3.63) is 58.7 Å². The zero-order valence-electron chi connectivity index (χ0n) is 12.2. The fourth-order valence-electron chi connectivity index (χ4n) is 2.01. The molecule has 0 aliphatic rings. The summed E-state index contributed by atoms with van der Waals surface area (Å²) in [5, 5.41) is 11.0. The number of rotatable bonds is 4. The van der Waals surface area contributed by atoms with Crippen molar-refractivity contribution in [2.45, 2.75) is 18.7 Å². The van der Waals surface area contributed by atoms with E-state index in [1.54, 1.807) is 0 Å². The summed E-state index contributed by atoms with van der Waals surface area (Å²) < 4.78 is 53.8. The summed E-state index contributed by atoms with van der Waals surface area (Å²) in [5.41, 5.74) is -0.522. The third kappa shape index (κ3) is 3.31. The minimum absolute atomic E-state index is 0.263. The van der Waals surface area contributed by atoms with Crippen LogP contribution in [0.1, 0.15) is 21.5 Å². The third-order valence-electron chi connectivity index (χ3n) is 3.34. The van der Waals surface area contributed by atoms with Crippen LogP contribution < -0.4 is 9.83 Å². The van der Waals surface area contributed by atoms with Crippen molar-refractivity contribution >= 4 is 21.7 Å². The minimum Gasteiger partial charge on any atom is -0.545 e. The van der Waals surface area contributed by atoms with Crippen LogP contribution in [0.5, 0.6) is 0 Å². The van der Waals surface area contributed by atoms with Crippen molar-refractivity contribution in [3.63, 3.8) is 0 Å². The average Bonchev–Trinajstić information content (AvgIpc) is 2.45. The Morgan fingerprint density at radius 2 is 1.70 bits per heavy atom. The number of aromatic carboxylic acids is 1. The van der Waals surface area contributed by atoms with Gasteiger partial charge in [-0.25, -0.2) is 17.2 Å². The van der Waals surface area contributed by atoms with Crippen LogP contribution in [0.2, 0.25) is 0 Å². The number of para-hydroxylation sites is 1. The molecule has 0 amide bonds. The zero-order valence-corrected chi connectivity index (χ0v) is 13.0. The highest BCUT2D eigenvalue weighted by molar-refractivity contribution is 7.92. The molecular formula is C15H12F2NO4S-. The Bertz CT molecular complexity index is 874. The van der Waals surface area contributed by atoms with Gasteiger partial charge in [-0.15, -0.1) is 0 Å². The van der Waals surface area contributed by atoms with Crippen molar-refractivity contribution < 1.29 is 27.1 Å². The molecule has 5 nitrogen and oxygen atoms in total. The number of carboxylic acid groups (broad SMARTS) is 1. The molecule has 0 atom stereocenters. The van der Waals surface area contributed by atoms with Gasteiger partial charge in [-0.05, 0) is 54.8 Å². The standard InChI is InChI=1S/C15H13F2NO4S/c1-8-6-10(15(19)20)7-13(9(8)2)23(21,22)18-14-11(16)4-3-5-12(14)17/h3-7,18H,1-2H3,(H,19,20)/p-1. The second-order valence-corrected chi connectivity index (χ2v) is 6.56. The van der Waals surface area contributed by atoms with Crippen molar-refractivity contribution in [1.82, 2.24) is 0 Å². The molecule has 0 radical (unpaired) electrons. The summed E-state index contributed by atoms with van der Waals surface area (Å²) in [4.78, 5) is 10.6. The maximum atomic E-state index is 13.6. The molecular weight excluding hydrogens is 328 g/mol. The largest absolute Gasteiger partial charge is 0.545 e. The van der Waals surface area contributed by atoms with E-state index in [9.17, 15) is 27.1 Å². The molecule has 0 unspecified atom stereocenters. The number of sulfonamides is 1. The van der Waals surface area contributed by atoms with Gasteiger partial charge in [-0.2, -0.15) is 0 Å². The molecule has 0 heterocycles. The van der Waals surface area contributed by atoms with E-state index in [-0.39, 0.29) is 16.0 Å². The van der Waals surface area contributed by atoms with E-state index in [4.69, 9.17) is 0 Å². The lowest BCUT2D eigenvalue weighted by atomic mass is 10.1. The monoisotopic (exact) mass is 340 g/mol. The van der Waals surface area contributed by atoms with Gasteiger partial charge in [-0.1, -0.05) is 6.07 Å². The predicted molar refractivity (Wildman–Crippen MR) is 77.4 cm³/mol. The number of halogens is 2. The van der Waals surface area contributed by atoms with E-state index < -0.39 is 33.3 Å². The van der Waals surface area contributed by atoms with E-state index in [0.717, 1.165) is 24.3 Å². The molecule has 0 saturated carbocycles. The minimum atomic E-state index is -4.39. The number of carboxylic acids is 1.